The van der Waals surface area contributed by atoms with Crippen LogP contribution in [0.3, 0.4) is 0 Å². The van der Waals surface area contributed by atoms with Crippen molar-refractivity contribution in [3.8, 4) is 0 Å². The molecule has 0 aliphatic heterocycles. The van der Waals surface area contributed by atoms with Gasteiger partial charge in [-0.3, -0.25) is 4.79 Å². The van der Waals surface area contributed by atoms with E-state index in [0.717, 1.165) is 49.5 Å². The first kappa shape index (κ1) is 58.6. The van der Waals surface area contributed by atoms with Gasteiger partial charge in [-0.1, -0.05) is 227 Å². The van der Waals surface area contributed by atoms with Crippen molar-refractivity contribution in [1.29, 1.82) is 0 Å². The molecule has 0 heterocycles. The second kappa shape index (κ2) is 45.1. The first-order chi connectivity index (χ1) is 27.7. The summed E-state index contributed by atoms with van der Waals surface area (Å²) in [6.45, 7) is 21.5. The van der Waals surface area contributed by atoms with Crippen LogP contribution in [-0.4, -0.2) is 27.7 Å². The van der Waals surface area contributed by atoms with Gasteiger partial charge >= 0.3 is 0 Å². The Bertz CT molecular complexity index is 791. The van der Waals surface area contributed by atoms with Gasteiger partial charge in [-0.05, 0) is 83.0 Å². The molecule has 0 aromatic rings. The molecule has 1 N–H and O–H groups in total. The van der Waals surface area contributed by atoms with Crippen molar-refractivity contribution in [3.05, 3.63) is 12.3 Å². The second-order valence-electron chi connectivity index (χ2n) is 18.2. The van der Waals surface area contributed by atoms with Crippen LogP contribution in [0.25, 0.3) is 0 Å². The molecule has 0 spiro atoms. The Morgan fingerprint density at radius 2 is 1.05 bits per heavy atom. The number of allylic oxidation sites excluding steroid dienone is 1. The number of hydrogen-bond acceptors (Lipinski definition) is 4. The average Bonchev–Trinajstić information content (AvgIpc) is 3.21. The van der Waals surface area contributed by atoms with Crippen LogP contribution in [0.2, 0.25) is 0 Å². The first-order valence-electron chi connectivity index (χ1n) is 25.9. The fourth-order valence-electron chi connectivity index (χ4n) is 8.44. The predicted octanol–water partition coefficient (Wildman–Crippen LogP) is 18.7. The molecule has 1 saturated carbocycles. The second-order valence-corrected chi connectivity index (χ2v) is 19.2. The van der Waals surface area contributed by atoms with E-state index in [1.807, 2.05) is 20.8 Å². The lowest BCUT2D eigenvalue weighted by Crippen LogP contribution is -2.28. The minimum atomic E-state index is -0.574. The lowest BCUT2D eigenvalue weighted by atomic mass is 9.82. The lowest BCUT2D eigenvalue weighted by molar-refractivity contribution is -0.111. The highest BCUT2D eigenvalue weighted by molar-refractivity contribution is 8.13. The number of ether oxygens (including phenoxy) is 1. The van der Waals surface area contributed by atoms with Crippen molar-refractivity contribution in [2.75, 3.05) is 5.75 Å². The molecular formula is C53H106O3S. The Hall–Kier alpha value is -0.480. The standard InChI is InChI=1S/C30H58O2S.C21H42O.C2H6/c1-4-6-8-10-13-19-27(20-14-11-9-7-5-2)25-30(3,32)24-18-17-23-29(31)33-26-28-21-15-12-16-22-28;1-5-8-11-13-15-18-21(19-16-14-12-9-6-2)22-20(4)17-10-7-3;1-2/h27-28,32H,4-26H2,1-3H3;21H,4-19H2,1-3H3;1-2H3. The maximum absolute atomic E-state index is 12.3. The topological polar surface area (TPSA) is 46.5 Å². The van der Waals surface area contributed by atoms with Crippen LogP contribution in [0.1, 0.15) is 293 Å². The highest BCUT2D eigenvalue weighted by Crippen LogP contribution is 2.31. The smallest absolute Gasteiger partial charge is 0.188 e. The van der Waals surface area contributed by atoms with Gasteiger partial charge in [0.2, 0.25) is 0 Å². The van der Waals surface area contributed by atoms with Crippen molar-refractivity contribution in [2.24, 2.45) is 11.8 Å². The van der Waals surface area contributed by atoms with Crippen LogP contribution in [0.4, 0.5) is 0 Å². The number of aliphatic hydroxyl groups is 1. The summed E-state index contributed by atoms with van der Waals surface area (Å²) in [7, 11) is 0. The number of thioether (sulfide) groups is 1. The zero-order chi connectivity index (χ0) is 42.7. The van der Waals surface area contributed by atoms with E-state index < -0.39 is 5.60 Å². The van der Waals surface area contributed by atoms with Gasteiger partial charge in [0.25, 0.3) is 0 Å². The van der Waals surface area contributed by atoms with E-state index in [9.17, 15) is 9.90 Å². The SMILES string of the molecule is C=C(CCCC)OC(CCCCCCC)CCCCCCC.CC.CCCCCCCC(CCCCCCC)CC(C)(O)CCCCC(=O)SCC1CCCCC1. The number of unbranched alkanes of at least 4 members (excludes halogenated alkanes) is 18. The van der Waals surface area contributed by atoms with Crippen LogP contribution in [-0.2, 0) is 9.53 Å². The molecule has 1 aliphatic carbocycles. The Balaban J connectivity index is 0. The van der Waals surface area contributed by atoms with Crippen molar-refractivity contribution >= 4 is 16.9 Å². The fourth-order valence-corrected chi connectivity index (χ4v) is 9.48. The minimum absolute atomic E-state index is 0.372. The van der Waals surface area contributed by atoms with Crippen molar-refractivity contribution in [2.45, 2.75) is 305 Å². The highest BCUT2D eigenvalue weighted by Gasteiger charge is 2.25. The third-order valence-electron chi connectivity index (χ3n) is 12.1. The molecule has 4 heteroatoms. The summed E-state index contributed by atoms with van der Waals surface area (Å²) in [6, 6.07) is 0. The van der Waals surface area contributed by atoms with Crippen LogP contribution in [0.15, 0.2) is 12.3 Å². The largest absolute Gasteiger partial charge is 0.495 e. The average molecular weight is 823 g/mol. The van der Waals surface area contributed by atoms with Gasteiger partial charge in [0, 0.05) is 18.6 Å². The summed E-state index contributed by atoms with van der Waals surface area (Å²) >= 11 is 1.58. The molecule has 1 atom stereocenters. The van der Waals surface area contributed by atoms with E-state index in [2.05, 4.69) is 41.2 Å². The monoisotopic (exact) mass is 823 g/mol. The Kier molecular flexibility index (Phi) is 46.3. The van der Waals surface area contributed by atoms with Gasteiger partial charge in [0.15, 0.2) is 5.12 Å². The Labute approximate surface area is 364 Å². The molecule has 3 nitrogen and oxygen atoms in total. The summed E-state index contributed by atoms with van der Waals surface area (Å²) in [4.78, 5) is 12.3. The lowest BCUT2D eigenvalue weighted by Gasteiger charge is -2.29. The van der Waals surface area contributed by atoms with Gasteiger partial charge in [-0.25, -0.2) is 0 Å². The van der Waals surface area contributed by atoms with Crippen molar-refractivity contribution in [1.82, 2.24) is 0 Å². The van der Waals surface area contributed by atoms with E-state index >= 15 is 0 Å². The zero-order valence-corrected chi connectivity index (χ0v) is 41.3. The third kappa shape index (κ3) is 42.0. The van der Waals surface area contributed by atoms with Crippen molar-refractivity contribution in [3.63, 3.8) is 0 Å². The molecule has 1 unspecified atom stereocenters. The van der Waals surface area contributed by atoms with Crippen LogP contribution in [0, 0.1) is 11.8 Å². The summed E-state index contributed by atoms with van der Waals surface area (Å²) in [5.74, 6) is 3.49. The fraction of sp³-hybridized carbons (Fsp3) is 0.943. The van der Waals surface area contributed by atoms with Gasteiger partial charge in [0.1, 0.15) is 0 Å². The number of carbonyl (C=O) groups is 1. The summed E-state index contributed by atoms with van der Waals surface area (Å²) in [5, 5.41) is 11.5. The third-order valence-corrected chi connectivity index (χ3v) is 13.3. The Morgan fingerprint density at radius 3 is 1.51 bits per heavy atom. The van der Waals surface area contributed by atoms with Crippen LogP contribution < -0.4 is 0 Å². The van der Waals surface area contributed by atoms with Crippen LogP contribution in [0.5, 0.6) is 0 Å². The molecule has 1 fully saturated rings. The summed E-state index contributed by atoms with van der Waals surface area (Å²) in [6.07, 6.45) is 47.0. The number of rotatable bonds is 38. The Morgan fingerprint density at radius 1 is 0.614 bits per heavy atom. The first-order valence-corrected chi connectivity index (χ1v) is 26.9. The molecule has 0 bridgehead atoms. The zero-order valence-electron chi connectivity index (χ0n) is 40.5. The number of hydrogen-bond donors (Lipinski definition) is 1. The molecule has 0 amide bonds. The van der Waals surface area contributed by atoms with Gasteiger partial charge in [-0.2, -0.15) is 0 Å². The molecule has 1 rings (SSSR count). The van der Waals surface area contributed by atoms with E-state index in [1.54, 1.807) is 11.8 Å². The summed E-state index contributed by atoms with van der Waals surface area (Å²) < 4.78 is 6.17. The normalized spacial score (nSPS) is 14.2. The molecule has 1 aliphatic rings. The van der Waals surface area contributed by atoms with Gasteiger partial charge in [-0.15, -0.1) is 0 Å². The van der Waals surface area contributed by atoms with Crippen LogP contribution >= 0.6 is 11.8 Å². The molecule has 0 aromatic carbocycles. The maximum Gasteiger partial charge on any atom is 0.188 e. The molecule has 0 aromatic heterocycles. The molecule has 0 saturated heterocycles. The van der Waals surface area contributed by atoms with E-state index in [-0.39, 0.29) is 0 Å². The van der Waals surface area contributed by atoms with E-state index in [0.29, 0.717) is 23.6 Å². The predicted molar refractivity (Wildman–Crippen MR) is 260 cm³/mol. The van der Waals surface area contributed by atoms with Gasteiger partial charge in [0.05, 0.1) is 17.5 Å². The van der Waals surface area contributed by atoms with Gasteiger partial charge < -0.3 is 9.84 Å². The highest BCUT2D eigenvalue weighted by atomic mass is 32.2. The molecule has 342 valence electrons. The molecule has 0 radical (unpaired) electrons. The minimum Gasteiger partial charge on any atom is -0.495 e. The maximum atomic E-state index is 12.3. The van der Waals surface area contributed by atoms with E-state index in [1.165, 1.54) is 199 Å². The van der Waals surface area contributed by atoms with E-state index in [4.69, 9.17) is 4.74 Å². The quantitative estimate of drug-likeness (QED) is 0.0498. The van der Waals surface area contributed by atoms with Crippen molar-refractivity contribution < 1.29 is 14.6 Å². The summed E-state index contributed by atoms with van der Waals surface area (Å²) in [5.41, 5.74) is -0.574. The molecule has 57 heavy (non-hydrogen) atoms. The number of carbonyl (C=O) groups excluding carboxylic acids is 1. The molecular weight excluding hydrogens is 717 g/mol.